The molecule has 0 spiro atoms. The van der Waals surface area contributed by atoms with Crippen molar-refractivity contribution in [1.82, 2.24) is 10.2 Å². The predicted molar refractivity (Wildman–Crippen MR) is 69.6 cm³/mol. The second kappa shape index (κ2) is 4.78. The number of fused-ring (bicyclic) bond motifs is 1. The Morgan fingerprint density at radius 1 is 1.12 bits per heavy atom. The van der Waals surface area contributed by atoms with Gasteiger partial charge < -0.3 is 5.32 Å². The summed E-state index contributed by atoms with van der Waals surface area (Å²) in [4.78, 5) is 2.57. The molecule has 0 saturated carbocycles. The third-order valence-corrected chi connectivity index (χ3v) is 4.35. The highest BCUT2D eigenvalue weighted by Crippen LogP contribution is 2.19. The van der Waals surface area contributed by atoms with Crippen molar-refractivity contribution in [3.05, 3.63) is 34.9 Å². The smallest absolute Gasteiger partial charge is 0.0234 e. The van der Waals surface area contributed by atoms with Gasteiger partial charge in [0.25, 0.3) is 0 Å². The van der Waals surface area contributed by atoms with Crippen molar-refractivity contribution in [3.8, 4) is 0 Å². The Hall–Kier alpha value is -0.510. The van der Waals surface area contributed by atoms with Crippen molar-refractivity contribution in [3.63, 3.8) is 0 Å². The summed E-state index contributed by atoms with van der Waals surface area (Å²) in [5.74, 6) is 2.60. The van der Waals surface area contributed by atoms with E-state index in [1.54, 1.807) is 0 Å². The maximum atomic E-state index is 3.40. The summed E-state index contributed by atoms with van der Waals surface area (Å²) >= 11 is 2.08. The summed E-state index contributed by atoms with van der Waals surface area (Å²) in [6.07, 6.45) is 0. The zero-order valence-corrected chi connectivity index (χ0v) is 10.4. The van der Waals surface area contributed by atoms with E-state index < -0.39 is 0 Å². The summed E-state index contributed by atoms with van der Waals surface area (Å²) < 4.78 is 0. The van der Waals surface area contributed by atoms with Gasteiger partial charge in [-0.1, -0.05) is 18.2 Å². The third-order valence-electron chi connectivity index (χ3n) is 3.41. The number of nitrogens with one attached hydrogen (secondary N) is 1. The third kappa shape index (κ3) is 2.26. The molecular formula is C13H18N2S. The zero-order chi connectivity index (χ0) is 10.8. The first-order valence-corrected chi connectivity index (χ1v) is 7.19. The lowest BCUT2D eigenvalue weighted by Gasteiger charge is -2.26. The van der Waals surface area contributed by atoms with E-state index >= 15 is 0 Å². The lowest BCUT2D eigenvalue weighted by molar-refractivity contribution is 0.294. The average Bonchev–Trinajstić information content (AvgIpc) is 2.77. The monoisotopic (exact) mass is 234 g/mol. The van der Waals surface area contributed by atoms with Crippen LogP contribution in [0.2, 0.25) is 0 Å². The normalized spacial score (nSPS) is 21.0. The Labute approximate surface area is 101 Å². The molecular weight excluding hydrogens is 216 g/mol. The van der Waals surface area contributed by atoms with Crippen molar-refractivity contribution in [2.75, 3.05) is 24.6 Å². The van der Waals surface area contributed by atoms with Crippen molar-refractivity contribution < 1.29 is 0 Å². The maximum absolute atomic E-state index is 3.40. The van der Waals surface area contributed by atoms with Gasteiger partial charge in [0, 0.05) is 44.2 Å². The number of rotatable bonds is 2. The van der Waals surface area contributed by atoms with Crippen molar-refractivity contribution >= 4 is 11.8 Å². The van der Waals surface area contributed by atoms with Gasteiger partial charge in [-0.05, 0) is 16.7 Å². The molecule has 0 aromatic heterocycles. The fourth-order valence-corrected chi connectivity index (χ4v) is 3.44. The molecule has 2 heterocycles. The highest BCUT2D eigenvalue weighted by atomic mass is 32.2. The SMILES string of the molecule is c1cc2c(cc1CN1CCSCC1)CNC2. The molecule has 3 heteroatoms. The minimum absolute atomic E-state index is 1.05. The fraction of sp³-hybridized carbons (Fsp3) is 0.538. The molecule has 0 aliphatic carbocycles. The number of hydrogen-bond donors (Lipinski definition) is 1. The standard InChI is InChI=1S/C13H18N2S/c1-2-12-8-14-9-13(12)7-11(1)10-15-3-5-16-6-4-15/h1-2,7,14H,3-6,8-10H2. The van der Waals surface area contributed by atoms with Gasteiger partial charge in [0.05, 0.1) is 0 Å². The summed E-state index contributed by atoms with van der Waals surface area (Å²) in [6.45, 7) is 5.74. The van der Waals surface area contributed by atoms with Gasteiger partial charge in [-0.3, -0.25) is 4.90 Å². The van der Waals surface area contributed by atoms with E-state index in [1.807, 2.05) is 0 Å². The molecule has 2 nitrogen and oxygen atoms in total. The van der Waals surface area contributed by atoms with Crippen LogP contribution in [0.5, 0.6) is 0 Å². The minimum atomic E-state index is 1.05. The topological polar surface area (TPSA) is 15.3 Å². The fourth-order valence-electron chi connectivity index (χ4n) is 2.46. The van der Waals surface area contributed by atoms with E-state index in [0.717, 1.165) is 19.6 Å². The Kier molecular flexibility index (Phi) is 3.18. The van der Waals surface area contributed by atoms with Crippen LogP contribution in [-0.4, -0.2) is 29.5 Å². The average molecular weight is 234 g/mol. The molecule has 0 unspecified atom stereocenters. The molecule has 2 aliphatic heterocycles. The first-order valence-electron chi connectivity index (χ1n) is 6.03. The van der Waals surface area contributed by atoms with Crippen molar-refractivity contribution in [1.29, 1.82) is 0 Å². The summed E-state index contributed by atoms with van der Waals surface area (Å²) in [7, 11) is 0. The second-order valence-electron chi connectivity index (χ2n) is 4.60. The first-order chi connectivity index (χ1) is 7.92. The van der Waals surface area contributed by atoms with Crippen LogP contribution in [0, 0.1) is 0 Å². The van der Waals surface area contributed by atoms with Crippen LogP contribution in [0.15, 0.2) is 18.2 Å². The van der Waals surface area contributed by atoms with Gasteiger partial charge in [-0.2, -0.15) is 11.8 Å². The first kappa shape index (κ1) is 10.6. The van der Waals surface area contributed by atoms with Crippen LogP contribution in [0.4, 0.5) is 0 Å². The van der Waals surface area contributed by atoms with E-state index in [1.165, 1.54) is 41.3 Å². The van der Waals surface area contributed by atoms with E-state index in [2.05, 4.69) is 40.2 Å². The number of hydrogen-bond acceptors (Lipinski definition) is 3. The molecule has 0 radical (unpaired) electrons. The predicted octanol–water partition coefficient (Wildman–Crippen LogP) is 1.84. The highest BCUT2D eigenvalue weighted by molar-refractivity contribution is 7.99. The molecule has 1 saturated heterocycles. The summed E-state index contributed by atoms with van der Waals surface area (Å²) in [5, 5.41) is 3.40. The van der Waals surface area contributed by atoms with Gasteiger partial charge in [0.2, 0.25) is 0 Å². The largest absolute Gasteiger partial charge is 0.309 e. The van der Waals surface area contributed by atoms with Crippen LogP contribution in [0.3, 0.4) is 0 Å². The van der Waals surface area contributed by atoms with Crippen LogP contribution in [0.25, 0.3) is 0 Å². The molecule has 0 amide bonds. The van der Waals surface area contributed by atoms with Crippen LogP contribution in [0.1, 0.15) is 16.7 Å². The quantitative estimate of drug-likeness (QED) is 0.840. The Bertz CT molecular complexity index is 372. The second-order valence-corrected chi connectivity index (χ2v) is 5.82. The van der Waals surface area contributed by atoms with Crippen molar-refractivity contribution in [2.45, 2.75) is 19.6 Å². The van der Waals surface area contributed by atoms with Crippen LogP contribution < -0.4 is 5.32 Å². The maximum Gasteiger partial charge on any atom is 0.0234 e. The lowest BCUT2D eigenvalue weighted by Crippen LogP contribution is -2.31. The molecule has 1 N–H and O–H groups in total. The highest BCUT2D eigenvalue weighted by Gasteiger charge is 2.13. The Morgan fingerprint density at radius 3 is 2.81 bits per heavy atom. The van der Waals surface area contributed by atoms with E-state index in [0.29, 0.717) is 0 Å². The molecule has 86 valence electrons. The van der Waals surface area contributed by atoms with Gasteiger partial charge in [0.15, 0.2) is 0 Å². The summed E-state index contributed by atoms with van der Waals surface area (Å²) in [6, 6.07) is 6.98. The van der Waals surface area contributed by atoms with Gasteiger partial charge >= 0.3 is 0 Å². The van der Waals surface area contributed by atoms with E-state index in [4.69, 9.17) is 0 Å². The molecule has 0 bridgehead atoms. The molecule has 0 atom stereocenters. The zero-order valence-electron chi connectivity index (χ0n) is 9.54. The van der Waals surface area contributed by atoms with E-state index in [-0.39, 0.29) is 0 Å². The van der Waals surface area contributed by atoms with Gasteiger partial charge in [-0.15, -0.1) is 0 Å². The van der Waals surface area contributed by atoms with Gasteiger partial charge in [-0.25, -0.2) is 0 Å². The van der Waals surface area contributed by atoms with Gasteiger partial charge in [0.1, 0.15) is 0 Å². The number of thioether (sulfide) groups is 1. The molecule has 1 fully saturated rings. The molecule has 3 rings (SSSR count). The molecule has 16 heavy (non-hydrogen) atoms. The lowest BCUT2D eigenvalue weighted by atomic mass is 10.1. The van der Waals surface area contributed by atoms with Crippen LogP contribution >= 0.6 is 11.8 Å². The number of nitrogens with zero attached hydrogens (tertiary/aromatic N) is 1. The molecule has 2 aliphatic rings. The Balaban J connectivity index is 1.69. The Morgan fingerprint density at radius 2 is 1.94 bits per heavy atom. The minimum Gasteiger partial charge on any atom is -0.309 e. The molecule has 1 aromatic carbocycles. The summed E-state index contributed by atoms with van der Waals surface area (Å²) in [5.41, 5.74) is 4.47. The van der Waals surface area contributed by atoms with Crippen LogP contribution in [-0.2, 0) is 19.6 Å². The number of benzene rings is 1. The van der Waals surface area contributed by atoms with E-state index in [9.17, 15) is 0 Å². The van der Waals surface area contributed by atoms with Crippen molar-refractivity contribution in [2.24, 2.45) is 0 Å². The molecule has 1 aromatic rings.